The van der Waals surface area contributed by atoms with Crippen LogP contribution in [0, 0.1) is 0 Å². The van der Waals surface area contributed by atoms with Crippen LogP contribution in [0.25, 0.3) is 0 Å². The van der Waals surface area contributed by atoms with Crippen molar-refractivity contribution in [2.75, 3.05) is 0 Å². The second kappa shape index (κ2) is 3.37. The van der Waals surface area contributed by atoms with Crippen molar-refractivity contribution in [3.8, 4) is 0 Å². The normalized spacial score (nSPS) is 42.9. The van der Waals surface area contributed by atoms with Crippen LogP contribution in [0.4, 0.5) is 0 Å². The average molecular weight is 191 g/mol. The van der Waals surface area contributed by atoms with E-state index in [4.69, 9.17) is 0 Å². The molecule has 0 aromatic heterocycles. The highest BCUT2D eigenvalue weighted by Crippen LogP contribution is 2.39. The minimum absolute atomic E-state index is 0.813. The number of piperidine rings is 2. The Bertz CT molecular complexity index is 254. The van der Waals surface area contributed by atoms with Gasteiger partial charge in [0.2, 0.25) is 0 Å². The summed E-state index contributed by atoms with van der Waals surface area (Å²) >= 11 is 0. The molecule has 0 unspecified atom stereocenters. The van der Waals surface area contributed by atoms with Crippen LogP contribution in [0.3, 0.4) is 0 Å². The van der Waals surface area contributed by atoms with Gasteiger partial charge in [-0.15, -0.1) is 0 Å². The van der Waals surface area contributed by atoms with Crippen molar-refractivity contribution in [3.05, 3.63) is 11.6 Å². The number of rotatable bonds is 0. The Morgan fingerprint density at radius 1 is 1.07 bits per heavy atom. The monoisotopic (exact) mass is 191 g/mol. The van der Waals surface area contributed by atoms with Gasteiger partial charge in [-0.05, 0) is 39.0 Å². The lowest BCUT2D eigenvalue weighted by Crippen LogP contribution is -2.55. The molecule has 1 nitrogen and oxygen atoms in total. The van der Waals surface area contributed by atoms with Crippen LogP contribution in [-0.4, -0.2) is 23.0 Å². The Hall–Kier alpha value is -0.300. The summed E-state index contributed by atoms with van der Waals surface area (Å²) in [7, 11) is 0. The van der Waals surface area contributed by atoms with Crippen LogP contribution < -0.4 is 0 Å². The van der Waals surface area contributed by atoms with Crippen molar-refractivity contribution >= 4 is 0 Å². The average Bonchev–Trinajstić information content (AvgIpc) is 2.18. The van der Waals surface area contributed by atoms with E-state index in [1.807, 2.05) is 0 Å². The van der Waals surface area contributed by atoms with E-state index < -0.39 is 0 Å². The molecule has 0 N–H and O–H groups in total. The third-order valence-electron chi connectivity index (χ3n) is 4.37. The highest BCUT2D eigenvalue weighted by atomic mass is 15.2. The molecule has 3 heterocycles. The summed E-state index contributed by atoms with van der Waals surface area (Å²) in [6.07, 6.45) is 12.7. The second-order valence-electron chi connectivity index (χ2n) is 5.40. The van der Waals surface area contributed by atoms with Gasteiger partial charge in [0.05, 0.1) is 0 Å². The molecule has 0 spiro atoms. The van der Waals surface area contributed by atoms with Gasteiger partial charge in [-0.2, -0.15) is 0 Å². The lowest BCUT2D eigenvalue weighted by molar-refractivity contribution is 0.0152. The number of hydrogen-bond acceptors (Lipinski definition) is 1. The van der Waals surface area contributed by atoms with Crippen LogP contribution in [-0.2, 0) is 0 Å². The quantitative estimate of drug-likeness (QED) is 0.532. The van der Waals surface area contributed by atoms with Crippen molar-refractivity contribution in [2.24, 2.45) is 0 Å². The predicted molar refractivity (Wildman–Crippen MR) is 59.3 cm³/mol. The fourth-order valence-corrected chi connectivity index (χ4v) is 3.88. The Morgan fingerprint density at radius 3 is 2.64 bits per heavy atom. The van der Waals surface area contributed by atoms with E-state index in [1.54, 1.807) is 5.57 Å². The minimum Gasteiger partial charge on any atom is -0.291 e. The fraction of sp³-hybridized carbons (Fsp3) is 0.846. The molecule has 0 aliphatic carbocycles. The zero-order valence-electron chi connectivity index (χ0n) is 9.21. The highest BCUT2D eigenvalue weighted by molar-refractivity contribution is 5.15. The predicted octanol–water partition coefficient (Wildman–Crippen LogP) is 3.11. The molecule has 0 saturated carbocycles. The fourth-order valence-electron chi connectivity index (χ4n) is 3.88. The van der Waals surface area contributed by atoms with Gasteiger partial charge in [-0.25, -0.2) is 0 Å². The molecular weight excluding hydrogens is 170 g/mol. The SMILES string of the molecule is CC1=C[C@@H]2CCC[C@@H]3CCC[C@@H](C1)N32. The van der Waals surface area contributed by atoms with Crippen molar-refractivity contribution in [1.29, 1.82) is 0 Å². The van der Waals surface area contributed by atoms with Crippen molar-refractivity contribution < 1.29 is 0 Å². The summed E-state index contributed by atoms with van der Waals surface area (Å²) in [5.41, 5.74) is 1.65. The van der Waals surface area contributed by atoms with E-state index in [0.717, 1.165) is 18.1 Å². The van der Waals surface area contributed by atoms with Crippen LogP contribution in [0.15, 0.2) is 11.6 Å². The molecule has 0 aromatic rings. The Labute approximate surface area is 87.2 Å². The summed E-state index contributed by atoms with van der Waals surface area (Å²) in [6.45, 7) is 2.33. The van der Waals surface area contributed by atoms with Crippen LogP contribution in [0.5, 0.6) is 0 Å². The first-order valence-electron chi connectivity index (χ1n) is 6.29. The van der Waals surface area contributed by atoms with E-state index in [9.17, 15) is 0 Å². The Morgan fingerprint density at radius 2 is 1.79 bits per heavy atom. The summed E-state index contributed by atoms with van der Waals surface area (Å²) in [5.74, 6) is 0. The molecule has 3 aliphatic rings. The second-order valence-corrected chi connectivity index (χ2v) is 5.40. The summed E-state index contributed by atoms with van der Waals surface area (Å²) in [6, 6.07) is 2.66. The van der Waals surface area contributed by atoms with Gasteiger partial charge >= 0.3 is 0 Å². The highest BCUT2D eigenvalue weighted by Gasteiger charge is 2.39. The molecule has 78 valence electrons. The first-order chi connectivity index (χ1) is 6.84. The van der Waals surface area contributed by atoms with E-state index in [1.165, 1.54) is 44.9 Å². The third kappa shape index (κ3) is 1.33. The zero-order chi connectivity index (χ0) is 9.54. The molecule has 1 heteroatoms. The maximum absolute atomic E-state index is 2.86. The van der Waals surface area contributed by atoms with Crippen LogP contribution in [0.1, 0.15) is 51.9 Å². The van der Waals surface area contributed by atoms with E-state index in [-0.39, 0.29) is 0 Å². The molecule has 0 aromatic carbocycles. The molecule has 0 amide bonds. The topological polar surface area (TPSA) is 3.24 Å². The van der Waals surface area contributed by atoms with Gasteiger partial charge in [0.15, 0.2) is 0 Å². The standard InChI is InChI=1S/C13H21N/c1-10-8-12-6-2-4-11-5-3-7-13(9-10)14(11)12/h8,11-13H,2-7,9H2,1H3/t11-,12+,13+/m1/s1. The maximum Gasteiger partial charge on any atom is 0.0286 e. The summed E-state index contributed by atoms with van der Waals surface area (Å²) in [5, 5.41) is 0. The first-order valence-corrected chi connectivity index (χ1v) is 6.29. The van der Waals surface area contributed by atoms with E-state index in [0.29, 0.717) is 0 Å². The van der Waals surface area contributed by atoms with Gasteiger partial charge in [0, 0.05) is 18.1 Å². The molecule has 3 aliphatic heterocycles. The Balaban J connectivity index is 1.90. The lowest BCUT2D eigenvalue weighted by Gasteiger charge is -2.51. The molecule has 3 atom stereocenters. The number of nitrogens with zero attached hydrogens (tertiary/aromatic N) is 1. The van der Waals surface area contributed by atoms with Crippen LogP contribution in [0.2, 0.25) is 0 Å². The molecule has 14 heavy (non-hydrogen) atoms. The molecule has 0 bridgehead atoms. The van der Waals surface area contributed by atoms with E-state index >= 15 is 0 Å². The molecule has 0 radical (unpaired) electrons. The first kappa shape index (κ1) is 8.96. The molecule has 2 saturated heterocycles. The van der Waals surface area contributed by atoms with Gasteiger partial charge < -0.3 is 0 Å². The van der Waals surface area contributed by atoms with Crippen molar-refractivity contribution in [3.63, 3.8) is 0 Å². The van der Waals surface area contributed by atoms with Gasteiger partial charge in [-0.1, -0.05) is 24.5 Å². The number of hydrogen-bond donors (Lipinski definition) is 0. The summed E-state index contributed by atoms with van der Waals surface area (Å²) in [4.78, 5) is 2.86. The third-order valence-corrected chi connectivity index (χ3v) is 4.37. The maximum atomic E-state index is 2.86. The van der Waals surface area contributed by atoms with Gasteiger partial charge in [0.25, 0.3) is 0 Å². The zero-order valence-corrected chi connectivity index (χ0v) is 9.21. The minimum atomic E-state index is 0.813. The van der Waals surface area contributed by atoms with Crippen LogP contribution >= 0.6 is 0 Å². The summed E-state index contributed by atoms with van der Waals surface area (Å²) < 4.78 is 0. The van der Waals surface area contributed by atoms with Gasteiger partial charge in [-0.3, -0.25) is 4.90 Å². The molecule has 3 rings (SSSR count). The Kier molecular flexibility index (Phi) is 2.16. The smallest absolute Gasteiger partial charge is 0.0286 e. The van der Waals surface area contributed by atoms with E-state index in [2.05, 4.69) is 17.9 Å². The molecular formula is C13H21N. The van der Waals surface area contributed by atoms with Crippen molar-refractivity contribution in [1.82, 2.24) is 4.90 Å². The lowest BCUT2D eigenvalue weighted by atomic mass is 9.80. The molecule has 2 fully saturated rings. The largest absolute Gasteiger partial charge is 0.291 e. The van der Waals surface area contributed by atoms with Gasteiger partial charge in [0.1, 0.15) is 0 Å². The van der Waals surface area contributed by atoms with Crippen molar-refractivity contribution in [2.45, 2.75) is 70.0 Å².